The van der Waals surface area contributed by atoms with E-state index in [1.807, 2.05) is 11.9 Å². The minimum atomic E-state index is -0.760. The Bertz CT molecular complexity index is 192. The molecule has 0 aromatic rings. The molecule has 0 aliphatic heterocycles. The molecule has 0 aromatic heterocycles. The summed E-state index contributed by atoms with van der Waals surface area (Å²) in [6.45, 7) is 5.15. The van der Waals surface area contributed by atoms with Crippen LogP contribution in [0.2, 0.25) is 0 Å². The molecule has 90 valence electrons. The molecule has 0 aliphatic carbocycles. The Morgan fingerprint density at radius 1 is 1.27 bits per heavy atom. The van der Waals surface area contributed by atoms with E-state index in [4.69, 9.17) is 10.2 Å². The van der Waals surface area contributed by atoms with Crippen molar-refractivity contribution >= 4 is 5.97 Å². The lowest BCUT2D eigenvalue weighted by atomic mass is 9.93. The van der Waals surface area contributed by atoms with E-state index in [1.165, 1.54) is 0 Å². The molecule has 0 bridgehead atoms. The largest absolute Gasteiger partial charge is 0.481 e. The number of rotatable bonds is 8. The van der Waals surface area contributed by atoms with E-state index >= 15 is 0 Å². The number of hydrogen-bond donors (Lipinski definition) is 2. The number of nitrogens with zero attached hydrogens (tertiary/aromatic N) is 1. The lowest BCUT2D eigenvalue weighted by molar-refractivity contribution is -0.147. The predicted molar refractivity (Wildman–Crippen MR) is 59.9 cm³/mol. The van der Waals surface area contributed by atoms with E-state index in [1.54, 1.807) is 13.8 Å². The minimum Gasteiger partial charge on any atom is -0.481 e. The third-order valence-electron chi connectivity index (χ3n) is 2.44. The molecule has 2 N–H and O–H groups in total. The van der Waals surface area contributed by atoms with Gasteiger partial charge in [0.25, 0.3) is 0 Å². The van der Waals surface area contributed by atoms with Gasteiger partial charge in [0.15, 0.2) is 0 Å². The SMILES string of the molecule is CN(CCCCCO)CC(C)(C)C(=O)O. The van der Waals surface area contributed by atoms with Crippen LogP contribution < -0.4 is 0 Å². The standard InChI is InChI=1S/C11H23NO3/c1-11(2,10(14)15)9-12(3)7-5-4-6-8-13/h13H,4-9H2,1-3H3,(H,14,15). The van der Waals surface area contributed by atoms with Gasteiger partial charge in [-0.25, -0.2) is 0 Å². The highest BCUT2D eigenvalue weighted by Gasteiger charge is 2.28. The molecule has 0 unspecified atom stereocenters. The van der Waals surface area contributed by atoms with Crippen molar-refractivity contribution in [2.45, 2.75) is 33.1 Å². The molecule has 0 atom stereocenters. The molecule has 0 heterocycles. The maximum atomic E-state index is 10.9. The molecule has 15 heavy (non-hydrogen) atoms. The zero-order valence-corrected chi connectivity index (χ0v) is 9.99. The predicted octanol–water partition coefficient (Wildman–Crippen LogP) is 1.19. The van der Waals surface area contributed by atoms with Crippen molar-refractivity contribution in [3.63, 3.8) is 0 Å². The summed E-state index contributed by atoms with van der Waals surface area (Å²) >= 11 is 0. The van der Waals surface area contributed by atoms with Crippen LogP contribution in [0.1, 0.15) is 33.1 Å². The first kappa shape index (κ1) is 14.4. The molecule has 4 heteroatoms. The van der Waals surface area contributed by atoms with E-state index in [0.29, 0.717) is 6.54 Å². The second-order valence-corrected chi connectivity index (χ2v) is 4.71. The summed E-state index contributed by atoms with van der Waals surface area (Å²) in [5.74, 6) is -0.760. The van der Waals surface area contributed by atoms with Gasteiger partial charge in [-0.15, -0.1) is 0 Å². The van der Waals surface area contributed by atoms with Gasteiger partial charge in [-0.05, 0) is 46.7 Å². The first-order valence-electron chi connectivity index (χ1n) is 5.43. The molecule has 4 nitrogen and oxygen atoms in total. The van der Waals surface area contributed by atoms with Crippen molar-refractivity contribution in [2.75, 3.05) is 26.7 Å². The first-order chi connectivity index (χ1) is 6.90. The van der Waals surface area contributed by atoms with Gasteiger partial charge < -0.3 is 15.1 Å². The number of aliphatic hydroxyl groups is 1. The van der Waals surface area contributed by atoms with E-state index in [-0.39, 0.29) is 6.61 Å². The lowest BCUT2D eigenvalue weighted by Gasteiger charge is -2.26. The van der Waals surface area contributed by atoms with Gasteiger partial charge in [-0.2, -0.15) is 0 Å². The zero-order valence-electron chi connectivity index (χ0n) is 9.99. The topological polar surface area (TPSA) is 60.8 Å². The summed E-state index contributed by atoms with van der Waals surface area (Å²) < 4.78 is 0. The average Bonchev–Trinajstić information content (AvgIpc) is 2.11. The Hall–Kier alpha value is -0.610. The lowest BCUT2D eigenvalue weighted by Crippen LogP contribution is -2.37. The fraction of sp³-hybridized carbons (Fsp3) is 0.909. The monoisotopic (exact) mass is 217 g/mol. The van der Waals surface area contributed by atoms with Gasteiger partial charge in [0.1, 0.15) is 0 Å². The Morgan fingerprint density at radius 2 is 1.87 bits per heavy atom. The molecule has 0 saturated heterocycles. The van der Waals surface area contributed by atoms with Gasteiger partial charge in [0, 0.05) is 13.2 Å². The number of carboxylic acid groups (broad SMARTS) is 1. The van der Waals surface area contributed by atoms with Gasteiger partial charge in [-0.1, -0.05) is 0 Å². The second-order valence-electron chi connectivity index (χ2n) is 4.71. The van der Waals surface area contributed by atoms with Crippen LogP contribution in [0.5, 0.6) is 0 Å². The van der Waals surface area contributed by atoms with Crippen molar-refractivity contribution in [3.8, 4) is 0 Å². The normalized spacial score (nSPS) is 12.1. The van der Waals surface area contributed by atoms with E-state index < -0.39 is 11.4 Å². The van der Waals surface area contributed by atoms with Gasteiger partial charge in [0.2, 0.25) is 0 Å². The molecule has 0 aromatic carbocycles. The number of aliphatic hydroxyl groups excluding tert-OH is 1. The smallest absolute Gasteiger partial charge is 0.310 e. The Morgan fingerprint density at radius 3 is 2.33 bits per heavy atom. The summed E-state index contributed by atoms with van der Waals surface area (Å²) in [6, 6.07) is 0. The van der Waals surface area contributed by atoms with Crippen LogP contribution in [0, 0.1) is 5.41 Å². The molecule has 0 rings (SSSR count). The third-order valence-corrected chi connectivity index (χ3v) is 2.44. The van der Waals surface area contributed by atoms with Crippen molar-refractivity contribution in [1.29, 1.82) is 0 Å². The van der Waals surface area contributed by atoms with Crippen LogP contribution in [0.4, 0.5) is 0 Å². The van der Waals surface area contributed by atoms with E-state index in [9.17, 15) is 4.79 Å². The molecular formula is C11H23NO3. The maximum absolute atomic E-state index is 10.9. The fourth-order valence-corrected chi connectivity index (χ4v) is 1.49. The molecular weight excluding hydrogens is 194 g/mol. The van der Waals surface area contributed by atoms with Crippen LogP contribution in [0.25, 0.3) is 0 Å². The molecule has 0 amide bonds. The Labute approximate surface area is 91.9 Å². The number of hydrogen-bond acceptors (Lipinski definition) is 3. The second kappa shape index (κ2) is 6.80. The van der Waals surface area contributed by atoms with Crippen molar-refractivity contribution in [3.05, 3.63) is 0 Å². The number of unbranched alkanes of at least 4 members (excludes halogenated alkanes) is 2. The summed E-state index contributed by atoms with van der Waals surface area (Å²) in [6.07, 6.45) is 2.83. The maximum Gasteiger partial charge on any atom is 0.310 e. The van der Waals surface area contributed by atoms with Gasteiger partial charge in [-0.3, -0.25) is 4.79 Å². The van der Waals surface area contributed by atoms with E-state index in [0.717, 1.165) is 25.8 Å². The highest BCUT2D eigenvalue weighted by molar-refractivity contribution is 5.73. The van der Waals surface area contributed by atoms with Gasteiger partial charge >= 0.3 is 5.97 Å². The summed E-state index contributed by atoms with van der Waals surface area (Å²) in [4.78, 5) is 12.9. The molecule has 0 aliphatic rings. The molecule has 0 radical (unpaired) electrons. The van der Waals surface area contributed by atoms with Crippen molar-refractivity contribution in [1.82, 2.24) is 4.90 Å². The first-order valence-corrected chi connectivity index (χ1v) is 5.43. The number of aliphatic carboxylic acids is 1. The van der Waals surface area contributed by atoms with E-state index in [2.05, 4.69) is 0 Å². The Kier molecular flexibility index (Phi) is 6.52. The molecule has 0 saturated carbocycles. The van der Waals surface area contributed by atoms with Crippen molar-refractivity contribution in [2.24, 2.45) is 5.41 Å². The van der Waals surface area contributed by atoms with Crippen LogP contribution in [-0.4, -0.2) is 47.8 Å². The van der Waals surface area contributed by atoms with Crippen LogP contribution in [-0.2, 0) is 4.79 Å². The number of carbonyl (C=O) groups is 1. The van der Waals surface area contributed by atoms with Crippen LogP contribution in [0.3, 0.4) is 0 Å². The van der Waals surface area contributed by atoms with Crippen LogP contribution >= 0.6 is 0 Å². The third kappa shape index (κ3) is 6.47. The van der Waals surface area contributed by atoms with Gasteiger partial charge in [0.05, 0.1) is 5.41 Å². The summed E-state index contributed by atoms with van der Waals surface area (Å²) in [5.41, 5.74) is -0.689. The average molecular weight is 217 g/mol. The zero-order chi connectivity index (χ0) is 11.9. The molecule has 0 spiro atoms. The Balaban J connectivity index is 3.73. The highest BCUT2D eigenvalue weighted by atomic mass is 16.4. The summed E-state index contributed by atoms with van der Waals surface area (Å²) in [5, 5.41) is 17.5. The molecule has 0 fully saturated rings. The quantitative estimate of drug-likeness (QED) is 0.600. The number of carboxylic acids is 1. The van der Waals surface area contributed by atoms with Crippen LogP contribution in [0.15, 0.2) is 0 Å². The summed E-state index contributed by atoms with van der Waals surface area (Å²) in [7, 11) is 1.93. The highest BCUT2D eigenvalue weighted by Crippen LogP contribution is 2.16. The minimum absolute atomic E-state index is 0.240. The van der Waals surface area contributed by atoms with Crippen molar-refractivity contribution < 1.29 is 15.0 Å². The fourth-order valence-electron chi connectivity index (χ4n) is 1.49.